The smallest absolute Gasteiger partial charge is 0.317 e. The number of urea groups is 1. The van der Waals surface area contributed by atoms with E-state index < -0.39 is 0 Å². The van der Waals surface area contributed by atoms with Crippen LogP contribution in [0.1, 0.15) is 51.4 Å². The molecule has 0 aromatic heterocycles. The first kappa shape index (κ1) is 14.6. The van der Waals surface area contributed by atoms with Crippen molar-refractivity contribution in [3.8, 4) is 0 Å². The highest BCUT2D eigenvalue weighted by Crippen LogP contribution is 2.28. The van der Waals surface area contributed by atoms with Gasteiger partial charge in [0.05, 0.1) is 0 Å². The second-order valence-electron chi connectivity index (χ2n) is 6.01. The highest BCUT2D eigenvalue weighted by atomic mass is 16.5. The molecule has 19 heavy (non-hydrogen) atoms. The third kappa shape index (κ3) is 5.39. The first-order valence-corrected chi connectivity index (χ1v) is 7.86. The summed E-state index contributed by atoms with van der Waals surface area (Å²) in [6.07, 6.45) is 9.75. The molecule has 2 aliphatic rings. The number of rotatable bonds is 7. The predicted octanol–water partition coefficient (Wildman–Crippen LogP) is 2.78. The molecule has 2 fully saturated rings. The fraction of sp³-hybridized carbons (Fsp3) is 0.933. The van der Waals surface area contributed by atoms with Crippen molar-refractivity contribution >= 4 is 6.03 Å². The lowest BCUT2D eigenvalue weighted by Gasteiger charge is -2.31. The van der Waals surface area contributed by atoms with Crippen LogP contribution in [0.3, 0.4) is 0 Å². The molecule has 0 saturated heterocycles. The van der Waals surface area contributed by atoms with Crippen molar-refractivity contribution in [3.05, 3.63) is 0 Å². The Bertz CT molecular complexity index is 273. The zero-order valence-corrected chi connectivity index (χ0v) is 12.2. The molecule has 0 aliphatic heterocycles. The SMILES string of the molecule is CN(C(=O)NCCCOCC1CC1)C1CCCCC1. The van der Waals surface area contributed by atoms with Gasteiger partial charge in [-0.3, -0.25) is 0 Å². The summed E-state index contributed by atoms with van der Waals surface area (Å²) < 4.78 is 5.55. The minimum atomic E-state index is 0.0779. The van der Waals surface area contributed by atoms with Gasteiger partial charge in [0.15, 0.2) is 0 Å². The third-order valence-electron chi connectivity index (χ3n) is 4.23. The molecule has 2 aliphatic carbocycles. The Morgan fingerprint density at radius 3 is 2.63 bits per heavy atom. The summed E-state index contributed by atoms with van der Waals surface area (Å²) >= 11 is 0. The molecule has 2 rings (SSSR count). The van der Waals surface area contributed by atoms with E-state index in [1.165, 1.54) is 32.1 Å². The van der Waals surface area contributed by atoms with Crippen LogP contribution < -0.4 is 5.32 Å². The summed E-state index contributed by atoms with van der Waals surface area (Å²) in [5.41, 5.74) is 0. The largest absolute Gasteiger partial charge is 0.381 e. The van der Waals surface area contributed by atoms with Gasteiger partial charge < -0.3 is 15.0 Å². The highest BCUT2D eigenvalue weighted by Gasteiger charge is 2.22. The zero-order chi connectivity index (χ0) is 13.5. The third-order valence-corrected chi connectivity index (χ3v) is 4.23. The van der Waals surface area contributed by atoms with Gasteiger partial charge in [0.1, 0.15) is 0 Å². The first-order valence-electron chi connectivity index (χ1n) is 7.86. The van der Waals surface area contributed by atoms with Gasteiger partial charge in [0.25, 0.3) is 0 Å². The van der Waals surface area contributed by atoms with Crippen LogP contribution in [0.15, 0.2) is 0 Å². The molecule has 0 aromatic rings. The monoisotopic (exact) mass is 268 g/mol. The van der Waals surface area contributed by atoms with Crippen molar-refractivity contribution in [3.63, 3.8) is 0 Å². The average molecular weight is 268 g/mol. The van der Waals surface area contributed by atoms with Gasteiger partial charge in [-0.15, -0.1) is 0 Å². The van der Waals surface area contributed by atoms with Crippen molar-refractivity contribution < 1.29 is 9.53 Å². The Balaban J connectivity index is 1.49. The van der Waals surface area contributed by atoms with Crippen LogP contribution in [-0.2, 0) is 4.74 Å². The first-order chi connectivity index (χ1) is 9.27. The molecule has 0 bridgehead atoms. The number of carbonyl (C=O) groups excluding carboxylic acids is 1. The summed E-state index contributed by atoms with van der Waals surface area (Å²) in [6.45, 7) is 2.40. The maximum absolute atomic E-state index is 12.0. The summed E-state index contributed by atoms with van der Waals surface area (Å²) in [5, 5.41) is 2.99. The van der Waals surface area contributed by atoms with Crippen molar-refractivity contribution in [1.82, 2.24) is 10.2 Å². The number of nitrogens with one attached hydrogen (secondary N) is 1. The molecule has 0 atom stereocenters. The van der Waals surface area contributed by atoms with E-state index >= 15 is 0 Å². The summed E-state index contributed by atoms with van der Waals surface area (Å²) in [4.78, 5) is 13.9. The van der Waals surface area contributed by atoms with Crippen LogP contribution in [0.4, 0.5) is 4.79 Å². The normalized spacial score (nSPS) is 20.3. The van der Waals surface area contributed by atoms with Gasteiger partial charge in [-0.2, -0.15) is 0 Å². The van der Waals surface area contributed by atoms with E-state index in [-0.39, 0.29) is 6.03 Å². The molecule has 0 unspecified atom stereocenters. The van der Waals surface area contributed by atoms with E-state index in [1.54, 1.807) is 0 Å². The predicted molar refractivity (Wildman–Crippen MR) is 76.2 cm³/mol. The standard InChI is InChI=1S/C15H28N2O2/c1-17(14-6-3-2-4-7-14)15(18)16-10-5-11-19-12-13-8-9-13/h13-14H,2-12H2,1H3,(H,16,18). The lowest BCUT2D eigenvalue weighted by atomic mass is 9.95. The number of carbonyl (C=O) groups is 1. The van der Waals surface area contributed by atoms with Gasteiger partial charge >= 0.3 is 6.03 Å². The molecule has 1 N–H and O–H groups in total. The molecule has 2 amide bonds. The average Bonchev–Trinajstić information content (AvgIpc) is 3.26. The van der Waals surface area contributed by atoms with Gasteiger partial charge in [-0.25, -0.2) is 4.79 Å². The molecular formula is C15H28N2O2. The lowest BCUT2D eigenvalue weighted by molar-refractivity contribution is 0.121. The van der Waals surface area contributed by atoms with Crippen molar-refractivity contribution in [2.45, 2.75) is 57.4 Å². The molecule has 0 spiro atoms. The second kappa shape index (κ2) is 7.73. The Morgan fingerprint density at radius 2 is 1.95 bits per heavy atom. The molecular weight excluding hydrogens is 240 g/mol. The molecule has 4 heteroatoms. The minimum Gasteiger partial charge on any atom is -0.381 e. The van der Waals surface area contributed by atoms with Gasteiger partial charge in [-0.1, -0.05) is 19.3 Å². The number of hydrogen-bond acceptors (Lipinski definition) is 2. The van der Waals surface area contributed by atoms with Crippen LogP contribution in [0.2, 0.25) is 0 Å². The zero-order valence-electron chi connectivity index (χ0n) is 12.2. The summed E-state index contributed by atoms with van der Waals surface area (Å²) in [6, 6.07) is 0.522. The quantitative estimate of drug-likeness (QED) is 0.721. The van der Waals surface area contributed by atoms with Crippen molar-refractivity contribution in [1.29, 1.82) is 0 Å². The fourth-order valence-electron chi connectivity index (χ4n) is 2.66. The van der Waals surface area contributed by atoms with Gasteiger partial charge in [0, 0.05) is 32.8 Å². The van der Waals surface area contributed by atoms with E-state index in [0.717, 1.165) is 44.9 Å². The Hall–Kier alpha value is -0.770. The summed E-state index contributed by atoms with van der Waals surface area (Å²) in [7, 11) is 1.93. The van der Waals surface area contributed by atoms with Crippen LogP contribution in [0.5, 0.6) is 0 Å². The molecule has 2 saturated carbocycles. The maximum Gasteiger partial charge on any atom is 0.317 e. The van der Waals surface area contributed by atoms with Crippen LogP contribution in [0.25, 0.3) is 0 Å². The molecule has 0 heterocycles. The van der Waals surface area contributed by atoms with E-state index in [2.05, 4.69) is 5.32 Å². The van der Waals surface area contributed by atoms with Crippen LogP contribution in [-0.4, -0.2) is 43.8 Å². The minimum absolute atomic E-state index is 0.0779. The van der Waals surface area contributed by atoms with Gasteiger partial charge in [0.2, 0.25) is 0 Å². The van der Waals surface area contributed by atoms with Crippen LogP contribution >= 0.6 is 0 Å². The lowest BCUT2D eigenvalue weighted by Crippen LogP contribution is -2.44. The number of nitrogens with zero attached hydrogens (tertiary/aromatic N) is 1. The van der Waals surface area contributed by atoms with E-state index in [0.29, 0.717) is 6.04 Å². The van der Waals surface area contributed by atoms with Gasteiger partial charge in [-0.05, 0) is 38.0 Å². The van der Waals surface area contributed by atoms with E-state index in [1.807, 2.05) is 11.9 Å². The number of hydrogen-bond donors (Lipinski definition) is 1. The van der Waals surface area contributed by atoms with E-state index in [4.69, 9.17) is 4.74 Å². The molecule has 0 aromatic carbocycles. The number of ether oxygens (including phenoxy) is 1. The molecule has 0 radical (unpaired) electrons. The topological polar surface area (TPSA) is 41.6 Å². The Labute approximate surface area is 116 Å². The van der Waals surface area contributed by atoms with E-state index in [9.17, 15) is 4.79 Å². The maximum atomic E-state index is 12.0. The summed E-state index contributed by atoms with van der Waals surface area (Å²) in [5.74, 6) is 0.826. The fourth-order valence-corrected chi connectivity index (χ4v) is 2.66. The highest BCUT2D eigenvalue weighted by molar-refractivity contribution is 5.74. The second-order valence-corrected chi connectivity index (χ2v) is 6.01. The Kier molecular flexibility index (Phi) is 5.95. The van der Waals surface area contributed by atoms with Crippen molar-refractivity contribution in [2.75, 3.05) is 26.8 Å². The van der Waals surface area contributed by atoms with Crippen LogP contribution in [0, 0.1) is 5.92 Å². The molecule has 4 nitrogen and oxygen atoms in total. The van der Waals surface area contributed by atoms with Crippen molar-refractivity contribution in [2.24, 2.45) is 5.92 Å². The number of amides is 2. The Morgan fingerprint density at radius 1 is 1.21 bits per heavy atom. The molecule has 110 valence electrons.